The number of hydrogen-bond donors (Lipinski definition) is 2. The Hall–Kier alpha value is -3.20. The van der Waals surface area contributed by atoms with Crippen LogP contribution in [-0.4, -0.2) is 31.2 Å². The molecule has 0 fully saturated rings. The Labute approximate surface area is 197 Å². The van der Waals surface area contributed by atoms with Crippen molar-refractivity contribution in [2.75, 3.05) is 0 Å². The Kier molecular flexibility index (Phi) is 6.51. The van der Waals surface area contributed by atoms with Crippen LogP contribution in [0.3, 0.4) is 0 Å². The van der Waals surface area contributed by atoms with Gasteiger partial charge in [0.1, 0.15) is 10.9 Å². The maximum Gasteiger partial charge on any atom is 0.254 e. The number of amides is 2. The molecule has 1 atom stereocenters. The van der Waals surface area contributed by atoms with Gasteiger partial charge in [-0.1, -0.05) is 66.2 Å². The fourth-order valence-electron chi connectivity index (χ4n) is 3.85. The van der Waals surface area contributed by atoms with E-state index in [1.54, 1.807) is 12.1 Å². The van der Waals surface area contributed by atoms with Crippen LogP contribution in [0.1, 0.15) is 27.0 Å². The van der Waals surface area contributed by atoms with Crippen LogP contribution in [0.2, 0.25) is 5.02 Å². The molecule has 1 aliphatic heterocycles. The lowest BCUT2D eigenvalue weighted by molar-refractivity contribution is -0.122. The van der Waals surface area contributed by atoms with Gasteiger partial charge >= 0.3 is 0 Å². The van der Waals surface area contributed by atoms with Gasteiger partial charge in [-0.3, -0.25) is 9.59 Å². The lowest BCUT2D eigenvalue weighted by Gasteiger charge is -2.35. The van der Waals surface area contributed by atoms with Crippen molar-refractivity contribution >= 4 is 33.4 Å². The number of carbonyl (C=O) groups excluding carboxylic acids is 2. The maximum atomic E-state index is 13.4. The zero-order chi connectivity index (χ0) is 23.6. The average molecular weight is 484 g/mol. The van der Waals surface area contributed by atoms with Crippen LogP contribution in [0.4, 0.5) is 0 Å². The van der Waals surface area contributed by atoms with E-state index in [-0.39, 0.29) is 28.6 Å². The van der Waals surface area contributed by atoms with Gasteiger partial charge < -0.3 is 10.6 Å². The summed E-state index contributed by atoms with van der Waals surface area (Å²) in [6.45, 7) is 0.268. The molecule has 3 aromatic rings. The molecule has 0 unspecified atom stereocenters. The van der Waals surface area contributed by atoms with Gasteiger partial charge in [0.25, 0.3) is 5.91 Å². The van der Waals surface area contributed by atoms with E-state index in [0.29, 0.717) is 6.42 Å². The van der Waals surface area contributed by atoms with E-state index in [1.165, 1.54) is 23.1 Å². The fraction of sp³-hybridized carbons (Fsp3) is 0.167. The highest BCUT2D eigenvalue weighted by atomic mass is 35.5. The van der Waals surface area contributed by atoms with Gasteiger partial charge in [-0.2, -0.15) is 0 Å². The Balaban J connectivity index is 1.62. The van der Waals surface area contributed by atoms with E-state index < -0.39 is 27.9 Å². The first kappa shape index (κ1) is 23.0. The minimum Gasteiger partial charge on any atom is -0.368 e. The minimum atomic E-state index is -4.00. The summed E-state index contributed by atoms with van der Waals surface area (Å²) >= 11 is 6.18. The highest BCUT2D eigenvalue weighted by Crippen LogP contribution is 2.28. The third kappa shape index (κ3) is 4.93. The first-order valence-electron chi connectivity index (χ1n) is 10.3. The molecule has 1 heterocycles. The third-order valence-corrected chi connectivity index (χ3v) is 7.50. The second-order valence-electron chi connectivity index (χ2n) is 7.78. The van der Waals surface area contributed by atoms with Crippen LogP contribution >= 0.6 is 11.6 Å². The molecule has 0 aromatic heterocycles. The number of benzene rings is 3. The Morgan fingerprint density at radius 2 is 1.67 bits per heavy atom. The number of nitrogens with one attached hydrogen (secondary N) is 1. The summed E-state index contributed by atoms with van der Waals surface area (Å²) in [7, 11) is -4.00. The number of sulfonamides is 1. The highest BCUT2D eigenvalue weighted by molar-refractivity contribution is 7.89. The highest BCUT2D eigenvalue weighted by Gasteiger charge is 2.34. The average Bonchev–Trinajstić information content (AvgIpc) is 2.82. The Bertz CT molecular complexity index is 1310. The van der Waals surface area contributed by atoms with Crippen molar-refractivity contribution in [2.24, 2.45) is 5.73 Å². The Morgan fingerprint density at radius 3 is 2.36 bits per heavy atom. The third-order valence-electron chi connectivity index (χ3n) is 5.61. The molecule has 9 heteroatoms. The molecule has 3 N–H and O–H groups in total. The number of carbonyl (C=O) groups is 2. The van der Waals surface area contributed by atoms with Crippen molar-refractivity contribution in [1.82, 2.24) is 9.62 Å². The number of nitrogens with zero attached hydrogens (tertiary/aromatic N) is 1. The number of rotatable bonds is 6. The number of halogens is 1. The molecule has 0 saturated carbocycles. The van der Waals surface area contributed by atoms with Crippen molar-refractivity contribution in [3.63, 3.8) is 0 Å². The molecule has 3 aromatic carbocycles. The van der Waals surface area contributed by atoms with Gasteiger partial charge in [0, 0.05) is 25.1 Å². The summed E-state index contributed by atoms with van der Waals surface area (Å²) in [5.41, 5.74) is 8.33. The van der Waals surface area contributed by atoms with E-state index in [2.05, 4.69) is 4.72 Å². The van der Waals surface area contributed by atoms with Crippen LogP contribution in [0, 0.1) is 0 Å². The van der Waals surface area contributed by atoms with Gasteiger partial charge in [-0.05, 0) is 34.9 Å². The molecule has 4 rings (SSSR count). The molecule has 0 bridgehead atoms. The van der Waals surface area contributed by atoms with Crippen molar-refractivity contribution in [3.8, 4) is 0 Å². The van der Waals surface area contributed by atoms with E-state index in [0.717, 1.165) is 16.7 Å². The first-order chi connectivity index (χ1) is 15.8. The number of nitrogens with two attached hydrogens (primary N) is 1. The second-order valence-corrected chi connectivity index (χ2v) is 9.92. The van der Waals surface area contributed by atoms with Crippen LogP contribution < -0.4 is 10.5 Å². The minimum absolute atomic E-state index is 0.0115. The van der Waals surface area contributed by atoms with Gasteiger partial charge in [0.2, 0.25) is 15.9 Å². The number of primary amides is 1. The summed E-state index contributed by atoms with van der Waals surface area (Å²) < 4.78 is 28.3. The van der Waals surface area contributed by atoms with Crippen LogP contribution in [0.25, 0.3) is 0 Å². The largest absolute Gasteiger partial charge is 0.368 e. The van der Waals surface area contributed by atoms with Crippen LogP contribution in [0.15, 0.2) is 77.7 Å². The maximum absolute atomic E-state index is 13.4. The smallest absolute Gasteiger partial charge is 0.254 e. The molecular formula is C24H22ClN3O4S. The molecule has 0 spiro atoms. The molecule has 1 aliphatic rings. The Morgan fingerprint density at radius 1 is 1.00 bits per heavy atom. The van der Waals surface area contributed by atoms with Crippen LogP contribution in [-0.2, 0) is 34.3 Å². The van der Waals surface area contributed by atoms with Crippen LogP contribution in [0.5, 0.6) is 0 Å². The van der Waals surface area contributed by atoms with Gasteiger partial charge in [-0.25, -0.2) is 13.1 Å². The molecule has 0 saturated heterocycles. The zero-order valence-electron chi connectivity index (χ0n) is 17.6. The van der Waals surface area contributed by atoms with Crippen molar-refractivity contribution < 1.29 is 18.0 Å². The molecule has 7 nitrogen and oxygen atoms in total. The topological polar surface area (TPSA) is 110 Å². The van der Waals surface area contributed by atoms with E-state index in [1.807, 2.05) is 42.5 Å². The standard InChI is InChI=1S/C24H22ClN3O4S/c25-20-11-10-18(13-22(20)33(31,32)27-14-16-6-2-1-3-7-16)24(30)28-15-19-9-5-4-8-17(19)12-21(28)23(26)29/h1-11,13,21,27H,12,14-15H2,(H2,26,29)/t21-/m0/s1. The molecular weight excluding hydrogens is 462 g/mol. The molecule has 170 valence electrons. The lowest BCUT2D eigenvalue weighted by atomic mass is 9.93. The van der Waals surface area contributed by atoms with E-state index >= 15 is 0 Å². The molecule has 2 amide bonds. The summed E-state index contributed by atoms with van der Waals surface area (Å²) in [4.78, 5) is 26.6. The first-order valence-corrected chi connectivity index (χ1v) is 12.1. The second kappa shape index (κ2) is 9.35. The van der Waals surface area contributed by atoms with Crippen molar-refractivity contribution in [3.05, 3.63) is 100 Å². The molecule has 0 aliphatic carbocycles. The predicted octanol–water partition coefficient (Wildman–Crippen LogP) is 2.87. The summed E-state index contributed by atoms with van der Waals surface area (Å²) in [6, 6.07) is 19.8. The van der Waals surface area contributed by atoms with Crippen molar-refractivity contribution in [1.29, 1.82) is 0 Å². The fourth-order valence-corrected chi connectivity index (χ4v) is 5.39. The zero-order valence-corrected chi connectivity index (χ0v) is 19.1. The molecule has 33 heavy (non-hydrogen) atoms. The SMILES string of the molecule is NC(=O)[C@@H]1Cc2ccccc2CN1C(=O)c1ccc(Cl)c(S(=O)(=O)NCc2ccccc2)c1. The van der Waals surface area contributed by atoms with Gasteiger partial charge in [0.15, 0.2) is 0 Å². The monoisotopic (exact) mass is 483 g/mol. The van der Waals surface area contributed by atoms with Crippen molar-refractivity contribution in [2.45, 2.75) is 30.4 Å². The normalized spacial score (nSPS) is 15.7. The summed E-state index contributed by atoms with van der Waals surface area (Å²) in [5, 5.41) is -0.0115. The summed E-state index contributed by atoms with van der Waals surface area (Å²) in [5.74, 6) is -1.12. The van der Waals surface area contributed by atoms with E-state index in [4.69, 9.17) is 17.3 Å². The number of hydrogen-bond acceptors (Lipinski definition) is 4. The van der Waals surface area contributed by atoms with Gasteiger partial charge in [0.05, 0.1) is 5.02 Å². The van der Waals surface area contributed by atoms with Gasteiger partial charge in [-0.15, -0.1) is 0 Å². The number of fused-ring (bicyclic) bond motifs is 1. The molecule has 0 radical (unpaired) electrons. The van der Waals surface area contributed by atoms with E-state index in [9.17, 15) is 18.0 Å². The summed E-state index contributed by atoms with van der Waals surface area (Å²) in [6.07, 6.45) is 0.300. The quantitative estimate of drug-likeness (QED) is 0.561. The lowest BCUT2D eigenvalue weighted by Crippen LogP contribution is -2.51. The predicted molar refractivity (Wildman–Crippen MR) is 125 cm³/mol.